The van der Waals surface area contributed by atoms with Gasteiger partial charge in [-0.1, -0.05) is 23.7 Å². The van der Waals surface area contributed by atoms with Crippen LogP contribution in [0.25, 0.3) is 16.6 Å². The Balaban J connectivity index is 0.000000514. The topological polar surface area (TPSA) is 102 Å². The first-order valence-corrected chi connectivity index (χ1v) is 11.9. The second kappa shape index (κ2) is 11.2. The monoisotopic (exact) mass is 491 g/mol. The van der Waals surface area contributed by atoms with Crippen molar-refractivity contribution < 1.29 is 4.74 Å². The minimum absolute atomic E-state index is 0.326. The van der Waals surface area contributed by atoms with Gasteiger partial charge in [0.25, 0.3) is 0 Å². The van der Waals surface area contributed by atoms with E-state index in [1.807, 2.05) is 50.5 Å². The summed E-state index contributed by atoms with van der Waals surface area (Å²) in [4.78, 5) is 8.82. The van der Waals surface area contributed by atoms with Crippen molar-refractivity contribution in [2.24, 2.45) is 10.7 Å². The average molecular weight is 492 g/mol. The van der Waals surface area contributed by atoms with Gasteiger partial charge >= 0.3 is 0 Å². The molecule has 1 saturated heterocycles. The second-order valence-corrected chi connectivity index (χ2v) is 8.60. The summed E-state index contributed by atoms with van der Waals surface area (Å²) in [5.41, 5.74) is 12.4. The Morgan fingerprint density at radius 3 is 2.60 bits per heavy atom. The average Bonchev–Trinajstić information content (AvgIpc) is 3.58. The van der Waals surface area contributed by atoms with E-state index in [-0.39, 0.29) is 0 Å². The van der Waals surface area contributed by atoms with E-state index < -0.39 is 0 Å². The lowest BCUT2D eigenvalue weighted by Crippen LogP contribution is -2.16. The number of nitrogens with two attached hydrogens (primary N) is 1. The molecule has 1 fully saturated rings. The van der Waals surface area contributed by atoms with Crippen LogP contribution in [-0.4, -0.2) is 47.7 Å². The Labute approximate surface area is 210 Å². The fourth-order valence-corrected chi connectivity index (χ4v) is 4.14. The van der Waals surface area contributed by atoms with Gasteiger partial charge in [-0.25, -0.2) is 14.5 Å². The number of pyridine rings is 1. The first-order chi connectivity index (χ1) is 17.0. The zero-order valence-electron chi connectivity index (χ0n) is 20.2. The molecule has 4 heterocycles. The number of ether oxygens (including phenoxy) is 1. The van der Waals surface area contributed by atoms with Gasteiger partial charge in [0, 0.05) is 36.6 Å². The van der Waals surface area contributed by atoms with E-state index >= 15 is 0 Å². The van der Waals surface area contributed by atoms with Gasteiger partial charge in [0.05, 0.1) is 40.8 Å². The van der Waals surface area contributed by atoms with Crippen molar-refractivity contribution in [1.29, 1.82) is 0 Å². The van der Waals surface area contributed by atoms with Crippen LogP contribution in [0.3, 0.4) is 0 Å². The molecule has 35 heavy (non-hydrogen) atoms. The molecule has 1 aliphatic rings. The third-order valence-corrected chi connectivity index (χ3v) is 6.14. The lowest BCUT2D eigenvalue weighted by molar-refractivity contribution is 0.397. The van der Waals surface area contributed by atoms with Crippen LogP contribution in [0.15, 0.2) is 60.0 Å². The summed E-state index contributed by atoms with van der Waals surface area (Å²) in [5, 5.41) is 11.5. The number of anilines is 1. The molecule has 0 unspecified atom stereocenters. The zero-order valence-corrected chi connectivity index (χ0v) is 20.9. The van der Waals surface area contributed by atoms with Crippen LogP contribution in [0.4, 0.5) is 11.4 Å². The third-order valence-electron chi connectivity index (χ3n) is 5.82. The number of nitrogens with zero attached hydrogens (tertiary/aromatic N) is 4. The molecule has 0 bridgehead atoms. The number of aryl methyl sites for hydroxylation is 1. The largest absolute Gasteiger partial charge is 0.481 e. The summed E-state index contributed by atoms with van der Waals surface area (Å²) in [6, 6.07) is 11.3. The molecule has 0 spiro atoms. The number of para-hydroxylation sites is 1. The van der Waals surface area contributed by atoms with Crippen LogP contribution in [-0.2, 0) is 0 Å². The fraction of sp³-hybridized carbons (Fsp3) is 0.269. The standard InChI is InChI=1S/C22H21ClN6O.C4H9N/c1-13-8-20(30-3)26-10-15(13)14-9-19-21(25-2)16(11-27-29(19)12-14)22(24)28-18-7-5-4-6-17(18)23;1-2-4-5-3-1/h4-12,25H,1-3H3,(H2,24,28);5H,1-4H2. The lowest BCUT2D eigenvalue weighted by atomic mass is 10.1. The highest BCUT2D eigenvalue weighted by atomic mass is 35.5. The highest BCUT2D eigenvalue weighted by Gasteiger charge is 2.15. The number of rotatable bonds is 5. The molecule has 1 aromatic carbocycles. The molecule has 182 valence electrons. The van der Waals surface area contributed by atoms with Gasteiger partial charge in [-0.15, -0.1) is 0 Å². The predicted molar refractivity (Wildman–Crippen MR) is 143 cm³/mol. The predicted octanol–water partition coefficient (Wildman–Crippen LogP) is 4.82. The zero-order chi connectivity index (χ0) is 24.8. The van der Waals surface area contributed by atoms with Crippen molar-refractivity contribution in [1.82, 2.24) is 19.9 Å². The number of aliphatic imine (C=N–C) groups is 1. The van der Waals surface area contributed by atoms with Crippen molar-refractivity contribution in [3.05, 3.63) is 71.1 Å². The molecule has 3 aromatic heterocycles. The second-order valence-electron chi connectivity index (χ2n) is 8.19. The number of aromatic nitrogens is 3. The summed E-state index contributed by atoms with van der Waals surface area (Å²) < 4.78 is 7.01. The van der Waals surface area contributed by atoms with Crippen molar-refractivity contribution in [3.8, 4) is 17.0 Å². The number of halogens is 1. The molecule has 8 nitrogen and oxygen atoms in total. The van der Waals surface area contributed by atoms with Gasteiger partial charge < -0.3 is 21.1 Å². The molecule has 0 atom stereocenters. The number of hydrogen-bond donors (Lipinski definition) is 3. The molecule has 4 N–H and O–H groups in total. The quantitative estimate of drug-likeness (QED) is 0.273. The molecule has 0 radical (unpaired) electrons. The van der Waals surface area contributed by atoms with Crippen molar-refractivity contribution in [2.45, 2.75) is 19.8 Å². The minimum atomic E-state index is 0.326. The smallest absolute Gasteiger partial charge is 0.213 e. The van der Waals surface area contributed by atoms with Gasteiger partial charge in [0.1, 0.15) is 5.84 Å². The molecular weight excluding hydrogens is 462 g/mol. The SMILES string of the molecule is C1CCNC1.CNc1c(C(N)=Nc2ccccc2Cl)cnn2cc(-c3cnc(OC)cc3C)cc12. The Kier molecular flexibility index (Phi) is 7.84. The van der Waals surface area contributed by atoms with E-state index in [9.17, 15) is 0 Å². The van der Waals surface area contributed by atoms with Crippen LogP contribution in [0.5, 0.6) is 5.88 Å². The Bertz CT molecular complexity index is 1340. The maximum absolute atomic E-state index is 6.32. The Morgan fingerprint density at radius 1 is 1.20 bits per heavy atom. The van der Waals surface area contributed by atoms with Crippen LogP contribution < -0.4 is 21.1 Å². The molecule has 9 heteroatoms. The van der Waals surface area contributed by atoms with E-state index in [4.69, 9.17) is 22.1 Å². The number of fused-ring (bicyclic) bond motifs is 1. The molecule has 4 aromatic rings. The number of hydrogen-bond acceptors (Lipinski definition) is 6. The van der Waals surface area contributed by atoms with E-state index in [0.29, 0.717) is 28.0 Å². The first-order valence-electron chi connectivity index (χ1n) is 11.5. The molecule has 0 aliphatic carbocycles. The maximum Gasteiger partial charge on any atom is 0.213 e. The Hall–Kier alpha value is -3.62. The molecule has 0 amide bonds. The van der Waals surface area contributed by atoms with E-state index in [1.54, 1.807) is 30.1 Å². The summed E-state index contributed by atoms with van der Waals surface area (Å²) in [7, 11) is 3.45. The number of benzene rings is 1. The van der Waals surface area contributed by atoms with Crippen molar-refractivity contribution >= 4 is 34.3 Å². The van der Waals surface area contributed by atoms with Gasteiger partial charge in [-0.3, -0.25) is 0 Å². The minimum Gasteiger partial charge on any atom is -0.481 e. The molecule has 0 saturated carbocycles. The number of nitrogens with one attached hydrogen (secondary N) is 2. The fourth-order valence-electron chi connectivity index (χ4n) is 3.96. The number of amidine groups is 1. The van der Waals surface area contributed by atoms with Gasteiger partial charge in [0.2, 0.25) is 5.88 Å². The Morgan fingerprint density at radius 2 is 1.97 bits per heavy atom. The lowest BCUT2D eigenvalue weighted by Gasteiger charge is -2.10. The number of methoxy groups -OCH3 is 1. The molecule has 1 aliphatic heterocycles. The summed E-state index contributed by atoms with van der Waals surface area (Å²) in [5.74, 6) is 0.910. The highest BCUT2D eigenvalue weighted by molar-refractivity contribution is 6.33. The van der Waals surface area contributed by atoms with E-state index in [2.05, 4.69) is 25.7 Å². The van der Waals surface area contributed by atoms with Gasteiger partial charge in [0.15, 0.2) is 0 Å². The maximum atomic E-state index is 6.32. The van der Waals surface area contributed by atoms with Gasteiger partial charge in [-0.05, 0) is 56.6 Å². The molecule has 5 rings (SSSR count). The van der Waals surface area contributed by atoms with Gasteiger partial charge in [-0.2, -0.15) is 5.10 Å². The summed E-state index contributed by atoms with van der Waals surface area (Å²) in [6.45, 7) is 4.52. The van der Waals surface area contributed by atoms with Crippen LogP contribution in [0.1, 0.15) is 24.0 Å². The van der Waals surface area contributed by atoms with Crippen LogP contribution >= 0.6 is 11.6 Å². The van der Waals surface area contributed by atoms with Crippen LogP contribution in [0, 0.1) is 6.92 Å². The van der Waals surface area contributed by atoms with E-state index in [0.717, 1.165) is 27.9 Å². The first kappa shape index (κ1) is 24.5. The summed E-state index contributed by atoms with van der Waals surface area (Å²) in [6.07, 6.45) is 8.23. The van der Waals surface area contributed by atoms with Crippen LogP contribution in [0.2, 0.25) is 5.02 Å². The van der Waals surface area contributed by atoms with E-state index in [1.165, 1.54) is 25.9 Å². The van der Waals surface area contributed by atoms with Crippen molar-refractivity contribution in [2.75, 3.05) is 32.6 Å². The van der Waals surface area contributed by atoms with Crippen molar-refractivity contribution in [3.63, 3.8) is 0 Å². The molecular formula is C26H30ClN7O. The highest BCUT2D eigenvalue weighted by Crippen LogP contribution is 2.31. The summed E-state index contributed by atoms with van der Waals surface area (Å²) >= 11 is 6.22. The normalized spacial score (nSPS) is 13.4. The third kappa shape index (κ3) is 5.55.